The molecule has 0 aliphatic carbocycles. The Morgan fingerprint density at radius 3 is 2.96 bits per heavy atom. The number of nitrogens with zero attached hydrogens (tertiary/aromatic N) is 7. The average molecular weight is 377 g/mol. The van der Waals surface area contributed by atoms with Crippen LogP contribution in [0.25, 0.3) is 22.4 Å². The number of piperidine rings is 1. The molecule has 0 unspecified atom stereocenters. The van der Waals surface area contributed by atoms with Gasteiger partial charge < -0.3 is 16.0 Å². The Kier molecular flexibility index (Phi) is 3.64. The van der Waals surface area contributed by atoms with Gasteiger partial charge in [-0.05, 0) is 31.0 Å². The SMILES string of the molecule is CN1CCC[C@H](Nc2nc(N)c3c(-c4ccc5nccn5n4)ccn3n2)C1=O. The first kappa shape index (κ1) is 16.5. The Balaban J connectivity index is 1.51. The molecule has 1 amide bonds. The number of likely N-dealkylation sites (tertiary alicyclic amines) is 1. The first-order valence-corrected chi connectivity index (χ1v) is 9.07. The molecule has 0 aromatic carbocycles. The lowest BCUT2D eigenvalue weighted by Crippen LogP contribution is -2.45. The van der Waals surface area contributed by atoms with Crippen molar-refractivity contribution < 1.29 is 4.79 Å². The fraction of sp³-hybridized carbons (Fsp3) is 0.278. The molecule has 1 aliphatic heterocycles. The molecular weight excluding hydrogens is 358 g/mol. The van der Waals surface area contributed by atoms with E-state index in [1.165, 1.54) is 0 Å². The van der Waals surface area contributed by atoms with Crippen molar-refractivity contribution in [2.45, 2.75) is 18.9 Å². The number of hydrogen-bond acceptors (Lipinski definition) is 7. The zero-order chi connectivity index (χ0) is 19.3. The van der Waals surface area contributed by atoms with Crippen molar-refractivity contribution in [1.82, 2.24) is 34.1 Å². The maximum Gasteiger partial charge on any atom is 0.244 e. The molecule has 0 spiro atoms. The molecule has 1 aliphatic rings. The Bertz CT molecular complexity index is 1190. The minimum Gasteiger partial charge on any atom is -0.382 e. The number of nitrogen functional groups attached to an aromatic ring is 1. The number of nitrogens with two attached hydrogens (primary N) is 1. The number of amides is 1. The molecule has 4 aromatic rings. The minimum atomic E-state index is -0.337. The zero-order valence-electron chi connectivity index (χ0n) is 15.3. The van der Waals surface area contributed by atoms with E-state index in [-0.39, 0.29) is 11.9 Å². The fourth-order valence-electron chi connectivity index (χ4n) is 3.60. The Labute approximate surface area is 160 Å². The van der Waals surface area contributed by atoms with Crippen LogP contribution < -0.4 is 11.1 Å². The Morgan fingerprint density at radius 2 is 2.07 bits per heavy atom. The van der Waals surface area contributed by atoms with Crippen LogP contribution >= 0.6 is 0 Å². The number of hydrogen-bond donors (Lipinski definition) is 2. The van der Waals surface area contributed by atoms with Crippen LogP contribution in [0.4, 0.5) is 11.8 Å². The standard InChI is InChI=1S/C18H19N9O/c1-25-8-2-3-13(17(25)28)21-18-22-16(19)15-11(6-9-27(15)24-18)12-4-5-14-20-7-10-26(14)23-12/h4-7,9-10,13H,2-3,8H2,1H3,(H3,19,21,22,24)/t13-/m0/s1. The van der Waals surface area contributed by atoms with Gasteiger partial charge in [-0.3, -0.25) is 4.79 Å². The highest BCUT2D eigenvalue weighted by atomic mass is 16.2. The van der Waals surface area contributed by atoms with Gasteiger partial charge in [0.05, 0.1) is 5.69 Å². The summed E-state index contributed by atoms with van der Waals surface area (Å²) in [6.07, 6.45) is 6.98. The normalized spacial score (nSPS) is 17.5. The van der Waals surface area contributed by atoms with Gasteiger partial charge in [0.15, 0.2) is 11.5 Å². The molecule has 1 saturated heterocycles. The molecular formula is C18H19N9O. The second kappa shape index (κ2) is 6.19. The predicted molar refractivity (Wildman–Crippen MR) is 104 cm³/mol. The highest BCUT2D eigenvalue weighted by Crippen LogP contribution is 2.28. The van der Waals surface area contributed by atoms with Crippen LogP contribution in [-0.4, -0.2) is 59.6 Å². The second-order valence-corrected chi connectivity index (χ2v) is 6.89. The first-order chi connectivity index (χ1) is 13.6. The summed E-state index contributed by atoms with van der Waals surface area (Å²) in [7, 11) is 1.80. The van der Waals surface area contributed by atoms with Gasteiger partial charge >= 0.3 is 0 Å². The number of imidazole rings is 1. The van der Waals surface area contributed by atoms with Crippen LogP contribution in [0.3, 0.4) is 0 Å². The highest BCUT2D eigenvalue weighted by molar-refractivity contribution is 5.87. The van der Waals surface area contributed by atoms with Gasteiger partial charge in [0, 0.05) is 37.7 Å². The van der Waals surface area contributed by atoms with Crippen LogP contribution in [-0.2, 0) is 4.79 Å². The molecule has 4 aromatic heterocycles. The first-order valence-electron chi connectivity index (χ1n) is 9.07. The average Bonchev–Trinajstić information content (AvgIpc) is 3.31. The number of likely N-dealkylation sites (N-methyl/N-ethyl adjacent to an activating group) is 1. The molecule has 10 nitrogen and oxygen atoms in total. The van der Waals surface area contributed by atoms with Crippen molar-refractivity contribution in [3.05, 3.63) is 36.8 Å². The lowest BCUT2D eigenvalue weighted by Gasteiger charge is -2.29. The molecule has 10 heteroatoms. The number of fused-ring (bicyclic) bond motifs is 2. The van der Waals surface area contributed by atoms with Gasteiger partial charge in [0.25, 0.3) is 0 Å². The van der Waals surface area contributed by atoms with E-state index in [1.807, 2.05) is 24.4 Å². The van der Waals surface area contributed by atoms with Crippen LogP contribution in [0.1, 0.15) is 12.8 Å². The molecule has 0 saturated carbocycles. The van der Waals surface area contributed by atoms with E-state index >= 15 is 0 Å². The van der Waals surface area contributed by atoms with Crippen molar-refractivity contribution in [2.75, 3.05) is 24.6 Å². The molecule has 28 heavy (non-hydrogen) atoms. The molecule has 5 heterocycles. The van der Waals surface area contributed by atoms with Crippen LogP contribution in [0.15, 0.2) is 36.8 Å². The van der Waals surface area contributed by atoms with Crippen molar-refractivity contribution >= 4 is 28.8 Å². The monoisotopic (exact) mass is 377 g/mol. The van der Waals surface area contributed by atoms with Gasteiger partial charge in [-0.2, -0.15) is 10.1 Å². The number of rotatable bonds is 3. The summed E-state index contributed by atoms with van der Waals surface area (Å²) in [6.45, 7) is 0.772. The number of carbonyl (C=O) groups is 1. The molecule has 0 radical (unpaired) electrons. The van der Waals surface area contributed by atoms with E-state index in [0.29, 0.717) is 17.3 Å². The number of nitrogens with one attached hydrogen (secondary N) is 1. The van der Waals surface area contributed by atoms with Gasteiger partial charge in [-0.25, -0.2) is 14.0 Å². The lowest BCUT2D eigenvalue weighted by atomic mass is 10.1. The maximum absolute atomic E-state index is 12.3. The van der Waals surface area contributed by atoms with Crippen molar-refractivity contribution in [1.29, 1.82) is 0 Å². The van der Waals surface area contributed by atoms with Crippen molar-refractivity contribution in [3.8, 4) is 11.3 Å². The molecule has 142 valence electrons. The van der Waals surface area contributed by atoms with Gasteiger partial charge in [-0.15, -0.1) is 5.10 Å². The Hall–Kier alpha value is -3.69. The molecule has 0 bridgehead atoms. The Morgan fingerprint density at radius 1 is 1.18 bits per heavy atom. The summed E-state index contributed by atoms with van der Waals surface area (Å²) in [4.78, 5) is 22.6. The zero-order valence-corrected chi connectivity index (χ0v) is 15.3. The van der Waals surface area contributed by atoms with E-state index in [0.717, 1.165) is 36.3 Å². The summed E-state index contributed by atoms with van der Waals surface area (Å²) < 4.78 is 3.37. The van der Waals surface area contributed by atoms with Gasteiger partial charge in [0.1, 0.15) is 11.6 Å². The van der Waals surface area contributed by atoms with Gasteiger partial charge in [-0.1, -0.05) is 0 Å². The van der Waals surface area contributed by atoms with Crippen molar-refractivity contribution in [3.63, 3.8) is 0 Å². The lowest BCUT2D eigenvalue weighted by molar-refractivity contribution is -0.132. The summed E-state index contributed by atoms with van der Waals surface area (Å²) in [5.74, 6) is 0.694. The summed E-state index contributed by atoms with van der Waals surface area (Å²) >= 11 is 0. The topological polar surface area (TPSA) is 119 Å². The predicted octanol–water partition coefficient (Wildman–Crippen LogP) is 1.05. The minimum absolute atomic E-state index is 0.0412. The number of carbonyl (C=O) groups excluding carboxylic acids is 1. The summed E-state index contributed by atoms with van der Waals surface area (Å²) in [5.41, 5.74) is 9.26. The molecule has 1 atom stereocenters. The van der Waals surface area contributed by atoms with E-state index in [9.17, 15) is 4.79 Å². The molecule has 5 rings (SSSR count). The largest absolute Gasteiger partial charge is 0.382 e. The second-order valence-electron chi connectivity index (χ2n) is 6.89. The van der Waals surface area contributed by atoms with Gasteiger partial charge in [0.2, 0.25) is 11.9 Å². The van der Waals surface area contributed by atoms with Crippen LogP contribution in [0.2, 0.25) is 0 Å². The van der Waals surface area contributed by atoms with E-state index in [2.05, 4.69) is 25.5 Å². The maximum atomic E-state index is 12.3. The van der Waals surface area contributed by atoms with Crippen LogP contribution in [0.5, 0.6) is 0 Å². The summed E-state index contributed by atoms with van der Waals surface area (Å²) in [6, 6.07) is 5.34. The van der Waals surface area contributed by atoms with E-state index < -0.39 is 0 Å². The number of anilines is 2. The molecule has 3 N–H and O–H groups in total. The third kappa shape index (κ3) is 2.61. The quantitative estimate of drug-likeness (QED) is 0.548. The summed E-state index contributed by atoms with van der Waals surface area (Å²) in [5, 5.41) is 12.2. The van der Waals surface area contributed by atoms with E-state index in [4.69, 9.17) is 5.73 Å². The number of aromatic nitrogens is 6. The van der Waals surface area contributed by atoms with Crippen molar-refractivity contribution in [2.24, 2.45) is 0 Å². The highest BCUT2D eigenvalue weighted by Gasteiger charge is 2.27. The third-order valence-electron chi connectivity index (χ3n) is 5.03. The van der Waals surface area contributed by atoms with Crippen LogP contribution in [0, 0.1) is 0 Å². The third-order valence-corrected chi connectivity index (χ3v) is 5.03. The molecule has 1 fully saturated rings. The fourth-order valence-corrected chi connectivity index (χ4v) is 3.60. The van der Waals surface area contributed by atoms with E-state index in [1.54, 1.807) is 33.4 Å². The smallest absolute Gasteiger partial charge is 0.244 e.